The molecule has 0 bridgehead atoms. The first-order chi connectivity index (χ1) is 30.0. The van der Waals surface area contributed by atoms with Gasteiger partial charge in [0.25, 0.3) is 7.82 Å². The Kier molecular flexibility index (Phi) is 44.8. The molecule has 0 aliphatic rings. The van der Waals surface area contributed by atoms with Gasteiger partial charge < -0.3 is 28.8 Å². The van der Waals surface area contributed by atoms with E-state index in [0.717, 1.165) is 38.5 Å². The van der Waals surface area contributed by atoms with Gasteiger partial charge in [-0.1, -0.05) is 238 Å². The highest BCUT2D eigenvalue weighted by molar-refractivity contribution is 7.45. The van der Waals surface area contributed by atoms with Gasteiger partial charge >= 0.3 is 0 Å². The fraction of sp³-hybridized carbons (Fsp3) is 0.943. The van der Waals surface area contributed by atoms with Gasteiger partial charge in [0.2, 0.25) is 5.91 Å². The summed E-state index contributed by atoms with van der Waals surface area (Å²) in [5, 5.41) is 14.0. The molecule has 3 atom stereocenters. The molecule has 0 aromatic rings. The highest BCUT2D eigenvalue weighted by atomic mass is 31.2. The van der Waals surface area contributed by atoms with E-state index in [9.17, 15) is 19.4 Å². The molecular formula is C53H107N2O6P. The monoisotopic (exact) mass is 899 g/mol. The van der Waals surface area contributed by atoms with Crippen molar-refractivity contribution in [3.63, 3.8) is 0 Å². The number of aliphatic hydroxyl groups excluding tert-OH is 1. The minimum atomic E-state index is -4.57. The number of aliphatic hydroxyl groups is 1. The Labute approximate surface area is 386 Å². The van der Waals surface area contributed by atoms with Crippen LogP contribution in [0.1, 0.15) is 271 Å². The van der Waals surface area contributed by atoms with Crippen molar-refractivity contribution >= 4 is 13.7 Å². The molecule has 0 rings (SSSR count). The molecule has 8 nitrogen and oxygen atoms in total. The summed E-state index contributed by atoms with van der Waals surface area (Å²) in [7, 11) is 1.32. The van der Waals surface area contributed by atoms with Crippen LogP contribution >= 0.6 is 7.82 Å². The maximum Gasteiger partial charge on any atom is 0.268 e. The van der Waals surface area contributed by atoms with Crippen molar-refractivity contribution < 1.29 is 32.9 Å². The summed E-state index contributed by atoms with van der Waals surface area (Å²) in [6.45, 7) is 4.75. The normalized spacial score (nSPS) is 14.1. The highest BCUT2D eigenvalue weighted by Gasteiger charge is 2.24. The molecule has 2 N–H and O–H groups in total. The lowest BCUT2D eigenvalue weighted by atomic mass is 10.0. The van der Waals surface area contributed by atoms with Crippen LogP contribution in [0.5, 0.6) is 0 Å². The van der Waals surface area contributed by atoms with E-state index in [0.29, 0.717) is 23.9 Å². The summed E-state index contributed by atoms with van der Waals surface area (Å²) in [6.07, 6.45) is 53.7. The van der Waals surface area contributed by atoms with Gasteiger partial charge in [0.15, 0.2) is 0 Å². The number of nitrogens with one attached hydrogen (secondary N) is 1. The van der Waals surface area contributed by atoms with Gasteiger partial charge in [0.1, 0.15) is 13.2 Å². The number of carbonyl (C=O) groups excluding carboxylic acids is 1. The van der Waals surface area contributed by atoms with Crippen molar-refractivity contribution in [3.8, 4) is 0 Å². The highest BCUT2D eigenvalue weighted by Crippen LogP contribution is 2.38. The zero-order chi connectivity index (χ0) is 45.7. The molecule has 370 valence electrons. The van der Waals surface area contributed by atoms with E-state index in [2.05, 4.69) is 31.3 Å². The third kappa shape index (κ3) is 47.2. The third-order valence-corrected chi connectivity index (χ3v) is 13.5. The number of phosphoric acid groups is 1. The van der Waals surface area contributed by atoms with E-state index in [1.165, 1.54) is 205 Å². The van der Waals surface area contributed by atoms with Crippen molar-refractivity contribution in [1.82, 2.24) is 5.32 Å². The molecule has 0 aliphatic carbocycles. The molecule has 0 heterocycles. The SMILES string of the molecule is CCCCCCCC/C=C\CCCCCCCCCCCC(=O)NC(COP(=O)([O-])OCC[N+](C)(C)C)C(O)CCCCCCCCCCCCCCCCCCCCCCC. The first-order valence-electron chi connectivity index (χ1n) is 27.0. The van der Waals surface area contributed by atoms with Gasteiger partial charge in [-0.3, -0.25) is 9.36 Å². The molecular weight excluding hydrogens is 792 g/mol. The lowest BCUT2D eigenvalue weighted by molar-refractivity contribution is -0.870. The van der Waals surface area contributed by atoms with Crippen molar-refractivity contribution in [2.75, 3.05) is 40.9 Å². The Morgan fingerprint density at radius 2 is 0.887 bits per heavy atom. The number of likely N-dealkylation sites (N-methyl/N-ethyl adjacent to an activating group) is 1. The molecule has 9 heteroatoms. The van der Waals surface area contributed by atoms with Gasteiger partial charge in [0.05, 0.1) is 39.9 Å². The third-order valence-electron chi connectivity index (χ3n) is 12.5. The van der Waals surface area contributed by atoms with E-state index in [1.807, 2.05) is 21.1 Å². The Morgan fingerprint density at radius 3 is 1.26 bits per heavy atom. The summed E-state index contributed by atoms with van der Waals surface area (Å²) < 4.78 is 23.4. The summed E-state index contributed by atoms with van der Waals surface area (Å²) >= 11 is 0. The van der Waals surface area contributed by atoms with Gasteiger partial charge in [-0.05, 0) is 38.5 Å². The molecule has 62 heavy (non-hydrogen) atoms. The first kappa shape index (κ1) is 61.2. The fourth-order valence-corrected chi connectivity index (χ4v) is 8.94. The zero-order valence-electron chi connectivity index (χ0n) is 42.1. The number of hydrogen-bond acceptors (Lipinski definition) is 6. The van der Waals surface area contributed by atoms with E-state index in [1.54, 1.807) is 0 Å². The first-order valence-corrected chi connectivity index (χ1v) is 28.5. The van der Waals surface area contributed by atoms with Crippen molar-refractivity contribution in [1.29, 1.82) is 0 Å². The largest absolute Gasteiger partial charge is 0.756 e. The molecule has 1 amide bonds. The predicted octanol–water partition coefficient (Wildman–Crippen LogP) is 15.2. The second-order valence-corrected chi connectivity index (χ2v) is 21.4. The van der Waals surface area contributed by atoms with Crippen LogP contribution in [0.25, 0.3) is 0 Å². The molecule has 0 aromatic carbocycles. The van der Waals surface area contributed by atoms with Crippen LogP contribution in [0.4, 0.5) is 0 Å². The van der Waals surface area contributed by atoms with E-state index < -0.39 is 20.0 Å². The fourth-order valence-electron chi connectivity index (χ4n) is 8.21. The Hall–Kier alpha value is -0.760. The molecule has 0 radical (unpaired) electrons. The number of hydrogen-bond donors (Lipinski definition) is 2. The number of nitrogens with zero attached hydrogens (tertiary/aromatic N) is 1. The number of amides is 1. The lowest BCUT2D eigenvalue weighted by Gasteiger charge is -2.30. The van der Waals surface area contributed by atoms with Crippen LogP contribution in [-0.2, 0) is 18.4 Å². The van der Waals surface area contributed by atoms with Crippen LogP contribution < -0.4 is 10.2 Å². The Morgan fingerprint density at radius 1 is 0.548 bits per heavy atom. The van der Waals surface area contributed by atoms with Crippen molar-refractivity contribution in [2.24, 2.45) is 0 Å². The molecule has 3 unspecified atom stereocenters. The molecule has 0 aliphatic heterocycles. The smallest absolute Gasteiger partial charge is 0.268 e. The summed E-state index contributed by atoms with van der Waals surface area (Å²) in [5.41, 5.74) is 0. The number of phosphoric ester groups is 1. The quantitative estimate of drug-likeness (QED) is 0.0272. The van der Waals surface area contributed by atoms with E-state index in [-0.39, 0.29) is 19.1 Å². The van der Waals surface area contributed by atoms with E-state index >= 15 is 0 Å². The molecule has 0 aromatic heterocycles. The van der Waals surface area contributed by atoms with Gasteiger partial charge in [-0.2, -0.15) is 0 Å². The van der Waals surface area contributed by atoms with Crippen molar-refractivity contribution in [3.05, 3.63) is 12.2 Å². The minimum absolute atomic E-state index is 0.0142. The predicted molar refractivity (Wildman–Crippen MR) is 266 cm³/mol. The molecule has 0 saturated heterocycles. The zero-order valence-corrected chi connectivity index (χ0v) is 43.0. The van der Waals surface area contributed by atoms with Crippen molar-refractivity contribution in [2.45, 2.75) is 283 Å². The summed E-state index contributed by atoms with van der Waals surface area (Å²) in [4.78, 5) is 25.5. The summed E-state index contributed by atoms with van der Waals surface area (Å²) in [6, 6.07) is -0.798. The standard InChI is InChI=1S/C53H107N2O6P/c1-6-8-10-12-14-16-18-20-22-24-26-27-29-30-32-34-36-38-40-42-44-46-52(56)51(50-61-62(58,59)60-49-48-55(3,4)5)54-53(57)47-45-43-41-39-37-35-33-31-28-25-23-21-19-17-15-13-11-9-7-2/h21,23,51-52,56H,6-20,22,24-50H2,1-5H3,(H-,54,57,58,59)/b23-21-. The molecule has 0 saturated carbocycles. The maximum atomic E-state index is 12.9. The Bertz CT molecular complexity index is 1020. The number of unbranched alkanes of at least 4 members (excludes halogenated alkanes) is 35. The van der Waals surface area contributed by atoms with E-state index in [4.69, 9.17) is 9.05 Å². The van der Waals surface area contributed by atoms with Crippen LogP contribution in [-0.4, -0.2) is 68.5 Å². The lowest BCUT2D eigenvalue weighted by Crippen LogP contribution is -2.46. The summed E-state index contributed by atoms with van der Waals surface area (Å²) in [5.74, 6) is -0.163. The van der Waals surface area contributed by atoms with Gasteiger partial charge in [-0.25, -0.2) is 0 Å². The molecule has 0 spiro atoms. The van der Waals surface area contributed by atoms with Crippen LogP contribution in [0.3, 0.4) is 0 Å². The maximum absolute atomic E-state index is 12.9. The van der Waals surface area contributed by atoms with Gasteiger partial charge in [0, 0.05) is 6.42 Å². The van der Waals surface area contributed by atoms with Crippen LogP contribution in [0.15, 0.2) is 12.2 Å². The van der Waals surface area contributed by atoms with Crippen LogP contribution in [0, 0.1) is 0 Å². The Balaban J connectivity index is 4.21. The average Bonchev–Trinajstić information content (AvgIpc) is 3.23. The second kappa shape index (κ2) is 45.4. The second-order valence-electron chi connectivity index (χ2n) is 19.9. The molecule has 0 fully saturated rings. The minimum Gasteiger partial charge on any atom is -0.756 e. The van der Waals surface area contributed by atoms with Crippen LogP contribution in [0.2, 0.25) is 0 Å². The number of allylic oxidation sites excluding steroid dienone is 2. The van der Waals surface area contributed by atoms with Gasteiger partial charge in [-0.15, -0.1) is 0 Å². The average molecular weight is 899 g/mol. The number of quaternary nitrogens is 1. The number of rotatable bonds is 50. The number of carbonyl (C=O) groups is 1. The topological polar surface area (TPSA) is 108 Å².